The standard InChI is InChI=1S/C24H24ClN5O2S/c1-16-27-28-23(30(16)22-7-5-6-14-26-22)20-15-18(25)10-13-21(20)29-33(31,32)19-11-8-17(9-12-19)24(2,3)4/h5-15,29H,1-4H3. The molecule has 0 bridgehead atoms. The van der Waals surface area contributed by atoms with Crippen LogP contribution in [0.5, 0.6) is 0 Å². The molecule has 0 saturated carbocycles. The van der Waals surface area contributed by atoms with E-state index < -0.39 is 10.0 Å². The summed E-state index contributed by atoms with van der Waals surface area (Å²) in [5.74, 6) is 1.64. The molecule has 2 aromatic heterocycles. The summed E-state index contributed by atoms with van der Waals surface area (Å²) in [6, 6.07) is 17.3. The van der Waals surface area contributed by atoms with Gasteiger partial charge in [-0.15, -0.1) is 10.2 Å². The van der Waals surface area contributed by atoms with Gasteiger partial charge in [0.15, 0.2) is 5.82 Å². The second kappa shape index (κ2) is 8.61. The van der Waals surface area contributed by atoms with Crippen molar-refractivity contribution >= 4 is 27.3 Å². The molecule has 0 aliphatic heterocycles. The number of halogens is 1. The van der Waals surface area contributed by atoms with E-state index in [-0.39, 0.29) is 10.3 Å². The first-order chi connectivity index (χ1) is 15.6. The average molecular weight is 482 g/mol. The van der Waals surface area contributed by atoms with E-state index in [2.05, 4.69) is 40.7 Å². The van der Waals surface area contributed by atoms with Crippen molar-refractivity contribution < 1.29 is 8.42 Å². The van der Waals surface area contributed by atoms with Gasteiger partial charge in [-0.2, -0.15) is 0 Å². The molecule has 7 nitrogen and oxygen atoms in total. The van der Waals surface area contributed by atoms with Crippen molar-refractivity contribution in [2.75, 3.05) is 4.72 Å². The van der Waals surface area contributed by atoms with E-state index >= 15 is 0 Å². The molecule has 0 saturated heterocycles. The molecule has 170 valence electrons. The Hall–Kier alpha value is -3.23. The lowest BCUT2D eigenvalue weighted by Gasteiger charge is -2.19. The minimum absolute atomic E-state index is 0.0769. The molecule has 0 amide bonds. The average Bonchev–Trinajstić information content (AvgIpc) is 3.16. The summed E-state index contributed by atoms with van der Waals surface area (Å²) in [6.45, 7) is 8.04. The zero-order chi connectivity index (χ0) is 23.8. The Morgan fingerprint density at radius 2 is 1.70 bits per heavy atom. The molecule has 2 aromatic carbocycles. The first-order valence-corrected chi connectivity index (χ1v) is 12.2. The minimum atomic E-state index is -3.86. The van der Waals surface area contributed by atoms with Crippen LogP contribution in [-0.2, 0) is 15.4 Å². The molecular weight excluding hydrogens is 458 g/mol. The Labute approximate surface area is 198 Å². The van der Waals surface area contributed by atoms with E-state index in [0.29, 0.717) is 33.7 Å². The molecule has 0 aliphatic rings. The summed E-state index contributed by atoms with van der Waals surface area (Å²) in [5, 5.41) is 8.91. The van der Waals surface area contributed by atoms with E-state index in [0.717, 1.165) is 5.56 Å². The highest BCUT2D eigenvalue weighted by Gasteiger charge is 2.22. The summed E-state index contributed by atoms with van der Waals surface area (Å²) < 4.78 is 30.8. The van der Waals surface area contributed by atoms with Crippen LogP contribution < -0.4 is 4.72 Å². The number of rotatable bonds is 5. The molecular formula is C24H24ClN5O2S. The van der Waals surface area contributed by atoms with Gasteiger partial charge in [0.25, 0.3) is 10.0 Å². The van der Waals surface area contributed by atoms with Crippen LogP contribution in [0.25, 0.3) is 17.2 Å². The zero-order valence-corrected chi connectivity index (χ0v) is 20.3. The Balaban J connectivity index is 1.77. The van der Waals surface area contributed by atoms with Gasteiger partial charge in [-0.3, -0.25) is 9.29 Å². The minimum Gasteiger partial charge on any atom is -0.279 e. The fourth-order valence-corrected chi connectivity index (χ4v) is 4.68. The van der Waals surface area contributed by atoms with Gasteiger partial charge in [-0.05, 0) is 60.4 Å². The van der Waals surface area contributed by atoms with Gasteiger partial charge in [0, 0.05) is 16.8 Å². The van der Waals surface area contributed by atoms with Gasteiger partial charge in [0.1, 0.15) is 11.6 Å². The third kappa shape index (κ3) is 4.77. The highest BCUT2D eigenvalue weighted by molar-refractivity contribution is 7.92. The van der Waals surface area contributed by atoms with Crippen LogP contribution in [0.2, 0.25) is 5.02 Å². The number of nitrogens with one attached hydrogen (secondary N) is 1. The molecule has 4 rings (SSSR count). The maximum absolute atomic E-state index is 13.2. The number of aromatic nitrogens is 4. The van der Waals surface area contributed by atoms with Gasteiger partial charge >= 0.3 is 0 Å². The van der Waals surface area contributed by atoms with Crippen molar-refractivity contribution in [3.05, 3.63) is 83.3 Å². The van der Waals surface area contributed by atoms with E-state index in [1.807, 2.05) is 30.3 Å². The van der Waals surface area contributed by atoms with Crippen molar-refractivity contribution in [3.63, 3.8) is 0 Å². The summed E-state index contributed by atoms with van der Waals surface area (Å²) in [5.41, 5.74) is 1.80. The lowest BCUT2D eigenvalue weighted by atomic mass is 9.87. The van der Waals surface area contributed by atoms with E-state index in [9.17, 15) is 8.42 Å². The predicted octanol–water partition coefficient (Wildman–Crippen LogP) is 5.39. The second-order valence-electron chi connectivity index (χ2n) is 8.66. The number of aryl methyl sites for hydroxylation is 1. The number of anilines is 1. The summed E-state index contributed by atoms with van der Waals surface area (Å²) in [7, 11) is -3.86. The van der Waals surface area contributed by atoms with Crippen LogP contribution in [0.3, 0.4) is 0 Å². The number of benzene rings is 2. The highest BCUT2D eigenvalue weighted by atomic mass is 35.5. The molecule has 0 unspecified atom stereocenters. The fraction of sp³-hybridized carbons (Fsp3) is 0.208. The molecule has 0 spiro atoms. The lowest BCUT2D eigenvalue weighted by molar-refractivity contribution is 0.587. The van der Waals surface area contributed by atoms with Gasteiger partial charge in [-0.25, -0.2) is 13.4 Å². The largest absolute Gasteiger partial charge is 0.279 e. The number of hydrogen-bond donors (Lipinski definition) is 1. The summed E-state index contributed by atoms with van der Waals surface area (Å²) >= 11 is 6.27. The number of nitrogens with zero attached hydrogens (tertiary/aromatic N) is 4. The number of sulfonamides is 1. The highest BCUT2D eigenvalue weighted by Crippen LogP contribution is 2.33. The van der Waals surface area contributed by atoms with Crippen LogP contribution in [-0.4, -0.2) is 28.2 Å². The number of hydrogen-bond acceptors (Lipinski definition) is 5. The van der Waals surface area contributed by atoms with E-state index in [4.69, 9.17) is 11.6 Å². The zero-order valence-electron chi connectivity index (χ0n) is 18.7. The predicted molar refractivity (Wildman–Crippen MR) is 130 cm³/mol. The van der Waals surface area contributed by atoms with Crippen molar-refractivity contribution in [2.24, 2.45) is 0 Å². The SMILES string of the molecule is Cc1nnc(-c2cc(Cl)ccc2NS(=O)(=O)c2ccc(C(C)(C)C)cc2)n1-c1ccccn1. The van der Waals surface area contributed by atoms with Crippen LogP contribution >= 0.6 is 11.6 Å². The first kappa shape index (κ1) is 22.9. The first-order valence-electron chi connectivity index (χ1n) is 10.3. The van der Waals surface area contributed by atoms with Crippen molar-refractivity contribution in [2.45, 2.75) is 38.0 Å². The third-order valence-corrected chi connectivity index (χ3v) is 6.82. The quantitative estimate of drug-likeness (QED) is 0.412. The van der Waals surface area contributed by atoms with Gasteiger partial charge in [0.2, 0.25) is 0 Å². The summed E-state index contributed by atoms with van der Waals surface area (Å²) in [6.07, 6.45) is 1.67. The van der Waals surface area contributed by atoms with Crippen molar-refractivity contribution in [3.8, 4) is 17.2 Å². The van der Waals surface area contributed by atoms with Crippen LogP contribution in [0.1, 0.15) is 32.2 Å². The molecule has 0 aliphatic carbocycles. The van der Waals surface area contributed by atoms with Crippen molar-refractivity contribution in [1.29, 1.82) is 0 Å². The van der Waals surface area contributed by atoms with E-state index in [1.54, 1.807) is 48.0 Å². The second-order valence-corrected chi connectivity index (χ2v) is 10.8. The van der Waals surface area contributed by atoms with Gasteiger partial charge < -0.3 is 0 Å². The van der Waals surface area contributed by atoms with Crippen LogP contribution in [0, 0.1) is 6.92 Å². The molecule has 2 heterocycles. The Bertz CT molecular complexity index is 1390. The smallest absolute Gasteiger partial charge is 0.261 e. The fourth-order valence-electron chi connectivity index (χ4n) is 3.43. The Morgan fingerprint density at radius 1 is 0.970 bits per heavy atom. The monoisotopic (exact) mass is 481 g/mol. The molecule has 33 heavy (non-hydrogen) atoms. The molecule has 0 atom stereocenters. The van der Waals surface area contributed by atoms with Crippen molar-refractivity contribution in [1.82, 2.24) is 19.7 Å². The third-order valence-electron chi connectivity index (χ3n) is 5.20. The van der Waals surface area contributed by atoms with Gasteiger partial charge in [0.05, 0.1) is 10.6 Å². The normalized spacial score (nSPS) is 12.0. The van der Waals surface area contributed by atoms with E-state index in [1.165, 1.54) is 0 Å². The summed E-state index contributed by atoms with van der Waals surface area (Å²) in [4.78, 5) is 4.55. The number of pyridine rings is 1. The van der Waals surface area contributed by atoms with Crippen LogP contribution in [0.15, 0.2) is 71.8 Å². The molecule has 1 N–H and O–H groups in total. The maximum Gasteiger partial charge on any atom is 0.261 e. The molecule has 9 heteroatoms. The molecule has 0 radical (unpaired) electrons. The lowest BCUT2D eigenvalue weighted by Crippen LogP contribution is -2.15. The van der Waals surface area contributed by atoms with Crippen LogP contribution in [0.4, 0.5) is 5.69 Å². The maximum atomic E-state index is 13.2. The topological polar surface area (TPSA) is 89.8 Å². The Morgan fingerprint density at radius 3 is 2.33 bits per heavy atom. The molecule has 0 fully saturated rings. The van der Waals surface area contributed by atoms with Gasteiger partial charge in [-0.1, -0.05) is 50.6 Å². The molecule has 4 aromatic rings. The Kier molecular flexibility index (Phi) is 5.99.